The second-order valence-electron chi connectivity index (χ2n) is 2.07. The van der Waals surface area contributed by atoms with E-state index >= 15 is 0 Å². The first-order chi connectivity index (χ1) is 4.88. The van der Waals surface area contributed by atoms with E-state index in [0.717, 1.165) is 12.2 Å². The van der Waals surface area contributed by atoms with Crippen LogP contribution >= 0.6 is 11.8 Å². The first kappa shape index (κ1) is 5.80. The van der Waals surface area contributed by atoms with Gasteiger partial charge in [0.2, 0.25) is 0 Å². The minimum atomic E-state index is 0.857. The molecule has 2 rings (SSSR count). The summed E-state index contributed by atoms with van der Waals surface area (Å²) < 4.78 is 3.27. The lowest BCUT2D eigenvalue weighted by atomic mass is 10.4. The summed E-state index contributed by atoms with van der Waals surface area (Å²) in [5.74, 6) is 0.970. The molecule has 0 aliphatic carbocycles. The normalized spacial score (nSPS) is 15.5. The van der Waals surface area contributed by atoms with E-state index in [9.17, 15) is 0 Å². The molecule has 52 valence electrons. The van der Waals surface area contributed by atoms with Crippen LogP contribution < -0.4 is 4.53 Å². The minimum absolute atomic E-state index is 0.857. The predicted octanol–water partition coefficient (Wildman–Crippen LogP) is 1.04. The van der Waals surface area contributed by atoms with Crippen LogP contribution in [0.5, 0.6) is 0 Å². The van der Waals surface area contributed by atoms with Gasteiger partial charge >= 0.3 is 0 Å². The summed E-state index contributed by atoms with van der Waals surface area (Å²) in [5, 5.41) is 0. The monoisotopic (exact) mass is 155 g/mol. The molecule has 0 N–H and O–H groups in total. The van der Waals surface area contributed by atoms with E-state index in [4.69, 9.17) is 11.8 Å². The van der Waals surface area contributed by atoms with Gasteiger partial charge in [-0.2, -0.15) is 4.53 Å². The van der Waals surface area contributed by atoms with Gasteiger partial charge in [-0.25, -0.2) is 9.66 Å². The van der Waals surface area contributed by atoms with Gasteiger partial charge in [0.25, 0.3) is 0 Å². The Labute approximate surface area is 63.6 Å². The Hall–Kier alpha value is -0.960. The Morgan fingerprint density at radius 2 is 2.50 bits per heavy atom. The molecule has 0 atom stereocenters. The second kappa shape index (κ2) is 2.02. The maximum absolute atomic E-state index is 5.76. The van der Waals surface area contributed by atoms with E-state index in [1.807, 2.05) is 12.3 Å². The molecule has 1 aromatic heterocycles. The van der Waals surface area contributed by atoms with E-state index in [1.165, 1.54) is 4.53 Å². The average Bonchev–Trinajstić information content (AvgIpc) is 2.36. The average molecular weight is 156 g/mol. The fourth-order valence-electron chi connectivity index (χ4n) is 0.965. The van der Waals surface area contributed by atoms with Crippen LogP contribution in [0.3, 0.4) is 0 Å². The fourth-order valence-corrected chi connectivity index (χ4v) is 1.18. The molecule has 0 radical (unpaired) electrons. The number of fused-ring (bicyclic) bond motifs is 1. The van der Waals surface area contributed by atoms with Crippen LogP contribution in [0.1, 0.15) is 5.82 Å². The Bertz CT molecular complexity index is 266. The molecule has 4 heteroatoms. The zero-order valence-corrected chi connectivity index (χ0v) is 5.99. The molecule has 1 aliphatic heterocycles. The van der Waals surface area contributed by atoms with Crippen molar-refractivity contribution in [3.05, 3.63) is 30.5 Å². The standard InChI is InChI=1S/C6H6ClN3/c7-10-4-1-2-6-8-3-5-9(6)10/h1,3-5H,2H2. The Morgan fingerprint density at radius 3 is 3.30 bits per heavy atom. The molecule has 0 bridgehead atoms. The van der Waals surface area contributed by atoms with Crippen molar-refractivity contribution in [1.29, 1.82) is 0 Å². The van der Waals surface area contributed by atoms with Crippen molar-refractivity contribution in [3.63, 3.8) is 0 Å². The summed E-state index contributed by atoms with van der Waals surface area (Å²) in [6, 6.07) is 0. The highest BCUT2D eigenvalue weighted by atomic mass is 35.5. The van der Waals surface area contributed by atoms with E-state index in [-0.39, 0.29) is 0 Å². The van der Waals surface area contributed by atoms with Gasteiger partial charge in [-0.05, 0) is 0 Å². The fraction of sp³-hybridized carbons (Fsp3) is 0.167. The van der Waals surface area contributed by atoms with E-state index in [2.05, 4.69) is 4.98 Å². The van der Waals surface area contributed by atoms with Gasteiger partial charge in [-0.3, -0.25) is 0 Å². The Kier molecular flexibility index (Phi) is 1.17. The van der Waals surface area contributed by atoms with Crippen LogP contribution in [0.15, 0.2) is 24.7 Å². The third-order valence-corrected chi connectivity index (χ3v) is 1.71. The molecule has 0 spiro atoms. The minimum Gasteiger partial charge on any atom is -0.239 e. The molecule has 0 aromatic carbocycles. The van der Waals surface area contributed by atoms with E-state index in [0.29, 0.717) is 0 Å². The number of rotatable bonds is 0. The smallest absolute Gasteiger partial charge is 0.133 e. The van der Waals surface area contributed by atoms with Crippen LogP contribution in [0.2, 0.25) is 0 Å². The quantitative estimate of drug-likeness (QED) is 0.522. The summed E-state index contributed by atoms with van der Waals surface area (Å²) in [6.45, 7) is 0. The summed E-state index contributed by atoms with van der Waals surface area (Å²) in [6.07, 6.45) is 8.19. The SMILES string of the molecule is ClN1C=CCc2nccn21. The van der Waals surface area contributed by atoms with Crippen molar-refractivity contribution < 1.29 is 0 Å². The first-order valence-corrected chi connectivity index (χ1v) is 3.36. The molecule has 3 nitrogen and oxygen atoms in total. The molecule has 1 aliphatic rings. The summed E-state index contributed by atoms with van der Waals surface area (Å²) in [5.41, 5.74) is 0. The summed E-state index contributed by atoms with van der Waals surface area (Å²) in [4.78, 5) is 4.09. The van der Waals surface area contributed by atoms with Crippen molar-refractivity contribution in [2.75, 3.05) is 4.53 Å². The van der Waals surface area contributed by atoms with Gasteiger partial charge in [0.15, 0.2) is 0 Å². The van der Waals surface area contributed by atoms with Crippen LogP contribution in [-0.2, 0) is 6.42 Å². The molecule has 0 unspecified atom stereocenters. The van der Waals surface area contributed by atoms with Crippen molar-refractivity contribution in [1.82, 2.24) is 9.66 Å². The van der Waals surface area contributed by atoms with Gasteiger partial charge in [0.05, 0.1) is 0 Å². The molecule has 0 saturated heterocycles. The largest absolute Gasteiger partial charge is 0.239 e. The van der Waals surface area contributed by atoms with Crippen LogP contribution in [0, 0.1) is 0 Å². The maximum Gasteiger partial charge on any atom is 0.133 e. The molecule has 0 fully saturated rings. The van der Waals surface area contributed by atoms with E-state index in [1.54, 1.807) is 17.1 Å². The van der Waals surface area contributed by atoms with E-state index < -0.39 is 0 Å². The Balaban J connectivity index is 2.48. The predicted molar refractivity (Wildman–Crippen MR) is 39.1 cm³/mol. The van der Waals surface area contributed by atoms with Crippen molar-refractivity contribution >= 4 is 11.8 Å². The zero-order valence-electron chi connectivity index (χ0n) is 5.24. The number of aromatic nitrogens is 2. The number of hydrogen-bond acceptors (Lipinski definition) is 2. The third kappa shape index (κ3) is 0.708. The second-order valence-corrected chi connectivity index (χ2v) is 2.41. The van der Waals surface area contributed by atoms with Crippen LogP contribution in [-0.4, -0.2) is 9.66 Å². The van der Waals surface area contributed by atoms with Crippen LogP contribution in [0.25, 0.3) is 0 Å². The highest BCUT2D eigenvalue weighted by Gasteiger charge is 2.08. The van der Waals surface area contributed by atoms with Crippen LogP contribution in [0.4, 0.5) is 0 Å². The number of allylic oxidation sites excluding steroid dienone is 1. The Morgan fingerprint density at radius 1 is 1.60 bits per heavy atom. The lowest BCUT2D eigenvalue weighted by molar-refractivity contribution is 0.766. The third-order valence-electron chi connectivity index (χ3n) is 1.43. The number of imidazole rings is 1. The van der Waals surface area contributed by atoms with Crippen molar-refractivity contribution in [2.24, 2.45) is 0 Å². The highest BCUT2D eigenvalue weighted by molar-refractivity contribution is 6.22. The first-order valence-electron chi connectivity index (χ1n) is 3.02. The molecular weight excluding hydrogens is 150 g/mol. The van der Waals surface area contributed by atoms with Crippen molar-refractivity contribution in [2.45, 2.75) is 6.42 Å². The molecule has 1 aromatic rings. The van der Waals surface area contributed by atoms with Gasteiger partial charge in [0.1, 0.15) is 5.82 Å². The highest BCUT2D eigenvalue weighted by Crippen LogP contribution is 2.08. The van der Waals surface area contributed by atoms with Crippen molar-refractivity contribution in [3.8, 4) is 0 Å². The molecular formula is C6H6ClN3. The summed E-state index contributed by atoms with van der Waals surface area (Å²) in [7, 11) is 0. The molecule has 0 amide bonds. The zero-order chi connectivity index (χ0) is 6.97. The van der Waals surface area contributed by atoms with Gasteiger partial charge < -0.3 is 0 Å². The number of hydrogen-bond donors (Lipinski definition) is 0. The molecule has 10 heavy (non-hydrogen) atoms. The topological polar surface area (TPSA) is 21.1 Å². The maximum atomic E-state index is 5.76. The molecule has 0 saturated carbocycles. The van der Waals surface area contributed by atoms with Gasteiger partial charge in [0, 0.05) is 36.8 Å². The molecule has 2 heterocycles. The van der Waals surface area contributed by atoms with Gasteiger partial charge in [-0.1, -0.05) is 6.08 Å². The number of nitrogens with zero attached hydrogens (tertiary/aromatic N) is 3. The lowest BCUT2D eigenvalue weighted by Crippen LogP contribution is -2.22. The lowest BCUT2D eigenvalue weighted by Gasteiger charge is -2.17. The number of halogens is 1. The van der Waals surface area contributed by atoms with Gasteiger partial charge in [-0.15, -0.1) is 0 Å². The summed E-state index contributed by atoms with van der Waals surface area (Å²) >= 11 is 5.76.